The summed E-state index contributed by atoms with van der Waals surface area (Å²) in [7, 11) is 4.58. The van der Waals surface area contributed by atoms with Gasteiger partial charge in [-0.05, 0) is 63.2 Å². The quantitative estimate of drug-likeness (QED) is 0.325. The van der Waals surface area contributed by atoms with E-state index in [1.807, 2.05) is 19.9 Å². The number of aromatic hydroxyl groups is 1. The number of hydrogen-bond acceptors (Lipinski definition) is 8. The number of benzene rings is 1. The molecule has 1 aromatic rings. The Kier molecular flexibility index (Phi) is 12.3. The van der Waals surface area contributed by atoms with Gasteiger partial charge in [0.15, 0.2) is 6.10 Å². The maximum atomic E-state index is 12.9. The molecular formula is C29H44N2O8. The van der Waals surface area contributed by atoms with Crippen molar-refractivity contribution in [3.8, 4) is 11.5 Å². The highest BCUT2D eigenvalue weighted by molar-refractivity contribution is 6.04. The molecule has 1 aliphatic heterocycles. The first-order valence-corrected chi connectivity index (χ1v) is 13.2. The van der Waals surface area contributed by atoms with Crippen LogP contribution in [0.2, 0.25) is 0 Å². The number of fused-ring (bicyclic) bond motifs is 2. The van der Waals surface area contributed by atoms with Crippen molar-refractivity contribution in [2.24, 2.45) is 17.6 Å². The normalized spacial score (nSPS) is 30.3. The number of anilines is 1. The van der Waals surface area contributed by atoms with Crippen LogP contribution in [-0.4, -0.2) is 68.0 Å². The summed E-state index contributed by atoms with van der Waals surface area (Å²) in [4.78, 5) is 24.6. The van der Waals surface area contributed by atoms with Crippen LogP contribution in [0.25, 0.3) is 0 Å². The number of methoxy groups -OCH3 is 3. The zero-order chi connectivity index (χ0) is 29.3. The Hall–Kier alpha value is -3.08. The van der Waals surface area contributed by atoms with E-state index in [4.69, 9.17) is 24.7 Å². The first-order valence-electron chi connectivity index (χ1n) is 13.2. The Morgan fingerprint density at radius 2 is 1.77 bits per heavy atom. The molecule has 0 aliphatic carbocycles. The van der Waals surface area contributed by atoms with E-state index in [1.54, 1.807) is 39.2 Å². The van der Waals surface area contributed by atoms with Crippen molar-refractivity contribution < 1.29 is 38.7 Å². The smallest absolute Gasteiger partial charge is 0.405 e. The number of phenolic OH excluding ortho intramolecular Hbond substituents is 1. The lowest BCUT2D eigenvalue weighted by Gasteiger charge is -2.30. The largest absolute Gasteiger partial charge is 0.505 e. The highest BCUT2D eigenvalue weighted by Crippen LogP contribution is 2.38. The molecule has 5 N–H and O–H groups in total. The van der Waals surface area contributed by atoms with Gasteiger partial charge in [0.05, 0.1) is 31.1 Å². The molecule has 218 valence electrons. The summed E-state index contributed by atoms with van der Waals surface area (Å²) in [6, 6.07) is 3.31. The van der Waals surface area contributed by atoms with Gasteiger partial charge in [-0.2, -0.15) is 0 Å². The molecule has 2 rings (SSSR count). The molecule has 0 unspecified atom stereocenters. The number of nitrogens with two attached hydrogens (primary N) is 1. The number of ether oxygens (including phenoxy) is 4. The van der Waals surface area contributed by atoms with Gasteiger partial charge < -0.3 is 40.2 Å². The number of allylic oxidation sites excluding steroid dienone is 1. The van der Waals surface area contributed by atoms with Crippen LogP contribution < -0.4 is 15.8 Å². The van der Waals surface area contributed by atoms with E-state index in [0.717, 1.165) is 0 Å². The molecule has 1 heterocycles. The van der Waals surface area contributed by atoms with Crippen molar-refractivity contribution in [1.82, 2.24) is 0 Å². The Morgan fingerprint density at radius 3 is 2.36 bits per heavy atom. The SMILES string of the molecule is COc1ccc2c(O)c1C[C@@H](C)C[C@H](OC)[C@H](O)[C@@H](C)/C=C(\C)[C@H](OC(N)=O)[C@@H](OC)CC/C=C(\C)C(=O)N2. The summed E-state index contributed by atoms with van der Waals surface area (Å²) in [5.41, 5.74) is 7.32. The van der Waals surface area contributed by atoms with E-state index >= 15 is 0 Å². The van der Waals surface area contributed by atoms with Crippen LogP contribution >= 0.6 is 0 Å². The molecule has 10 heteroatoms. The lowest BCUT2D eigenvalue weighted by molar-refractivity contribution is -0.112. The number of aliphatic hydroxyl groups excluding tert-OH is 1. The van der Waals surface area contributed by atoms with Crippen molar-refractivity contribution in [2.45, 2.75) is 77.8 Å². The van der Waals surface area contributed by atoms with Crippen LogP contribution in [0.5, 0.6) is 11.5 Å². The molecule has 0 fully saturated rings. The summed E-state index contributed by atoms with van der Waals surface area (Å²) >= 11 is 0. The molecule has 39 heavy (non-hydrogen) atoms. The second-order valence-electron chi connectivity index (χ2n) is 10.3. The zero-order valence-corrected chi connectivity index (χ0v) is 24.0. The van der Waals surface area contributed by atoms with Crippen LogP contribution in [0, 0.1) is 11.8 Å². The van der Waals surface area contributed by atoms with Gasteiger partial charge in [-0.3, -0.25) is 4.79 Å². The average Bonchev–Trinajstić information content (AvgIpc) is 2.89. The molecule has 1 aliphatic rings. The Morgan fingerprint density at radius 1 is 1.10 bits per heavy atom. The van der Waals surface area contributed by atoms with Crippen molar-refractivity contribution in [1.29, 1.82) is 0 Å². The van der Waals surface area contributed by atoms with E-state index in [9.17, 15) is 19.8 Å². The number of nitrogens with one attached hydrogen (secondary N) is 1. The van der Waals surface area contributed by atoms with E-state index < -0.39 is 30.5 Å². The number of phenols is 1. The summed E-state index contributed by atoms with van der Waals surface area (Å²) < 4.78 is 22.2. The molecular weight excluding hydrogens is 504 g/mol. The number of aliphatic hydroxyl groups is 1. The summed E-state index contributed by atoms with van der Waals surface area (Å²) in [6.45, 7) is 7.33. The second kappa shape index (κ2) is 14.9. The van der Waals surface area contributed by atoms with E-state index in [0.29, 0.717) is 48.1 Å². The van der Waals surface area contributed by atoms with Crippen LogP contribution in [-0.2, 0) is 25.4 Å². The zero-order valence-electron chi connectivity index (χ0n) is 24.0. The topological polar surface area (TPSA) is 150 Å². The minimum atomic E-state index is -0.937. The molecule has 0 radical (unpaired) electrons. The number of carbonyl (C=O) groups excluding carboxylic acids is 2. The van der Waals surface area contributed by atoms with Gasteiger partial charge >= 0.3 is 6.09 Å². The fraction of sp³-hybridized carbons (Fsp3) is 0.586. The van der Waals surface area contributed by atoms with Crippen LogP contribution in [0.15, 0.2) is 35.4 Å². The molecule has 0 saturated carbocycles. The molecule has 1 aromatic carbocycles. The second-order valence-corrected chi connectivity index (χ2v) is 10.3. The van der Waals surface area contributed by atoms with Gasteiger partial charge in [0, 0.05) is 31.3 Å². The highest BCUT2D eigenvalue weighted by atomic mass is 16.6. The van der Waals surface area contributed by atoms with E-state index in [1.165, 1.54) is 14.2 Å². The minimum Gasteiger partial charge on any atom is -0.505 e. The third-order valence-corrected chi connectivity index (χ3v) is 7.24. The number of carbonyl (C=O) groups is 2. The van der Waals surface area contributed by atoms with Gasteiger partial charge in [0.25, 0.3) is 5.91 Å². The van der Waals surface area contributed by atoms with Gasteiger partial charge in [-0.25, -0.2) is 4.79 Å². The van der Waals surface area contributed by atoms with Gasteiger partial charge in [0.2, 0.25) is 0 Å². The lowest BCUT2D eigenvalue weighted by atomic mass is 9.87. The fourth-order valence-corrected chi connectivity index (χ4v) is 5.02. The van der Waals surface area contributed by atoms with Crippen molar-refractivity contribution in [3.05, 3.63) is 41.0 Å². The fourth-order valence-electron chi connectivity index (χ4n) is 5.02. The standard InChI is InChI=1S/C29H44N2O8/c1-16-13-20-22(36-5)12-11-21(26(20)33)31-28(34)17(2)9-8-10-23(37-6)27(39-29(30)35)19(4)15-18(3)25(32)24(14-16)38-7/h9,11-12,15-16,18,23-25,27,32-33H,8,10,13-14H2,1-7H3,(H2,30,35)(H,31,34)/b17-9+,19-15+/t16-,18+,23+,24+,25-,27+/m1/s1. The third kappa shape index (κ3) is 8.71. The predicted molar refractivity (Wildman–Crippen MR) is 149 cm³/mol. The molecule has 0 spiro atoms. The molecule has 2 amide bonds. The number of amides is 2. The lowest BCUT2D eigenvalue weighted by Crippen LogP contribution is -2.37. The monoisotopic (exact) mass is 548 g/mol. The van der Waals surface area contributed by atoms with E-state index in [2.05, 4.69) is 5.32 Å². The third-order valence-electron chi connectivity index (χ3n) is 7.24. The van der Waals surface area contributed by atoms with Gasteiger partial charge in [-0.1, -0.05) is 26.0 Å². The summed E-state index contributed by atoms with van der Waals surface area (Å²) in [6.07, 6.45) is 1.74. The summed E-state index contributed by atoms with van der Waals surface area (Å²) in [5.74, 6) is -0.300. The molecule has 0 aromatic heterocycles. The predicted octanol–water partition coefficient (Wildman–Crippen LogP) is 4.09. The first-order chi connectivity index (χ1) is 18.4. The summed E-state index contributed by atoms with van der Waals surface area (Å²) in [5, 5.41) is 25.0. The maximum absolute atomic E-state index is 12.9. The van der Waals surface area contributed by atoms with Crippen molar-refractivity contribution in [3.63, 3.8) is 0 Å². The minimum absolute atomic E-state index is 0.0276. The Balaban J connectivity index is 2.54. The molecule has 10 nitrogen and oxygen atoms in total. The Bertz CT molecular complexity index is 1050. The first kappa shape index (κ1) is 32.1. The van der Waals surface area contributed by atoms with Crippen molar-refractivity contribution >= 4 is 17.7 Å². The maximum Gasteiger partial charge on any atom is 0.405 e. The van der Waals surface area contributed by atoms with Crippen LogP contribution in [0.4, 0.5) is 10.5 Å². The van der Waals surface area contributed by atoms with Crippen LogP contribution in [0.3, 0.4) is 0 Å². The van der Waals surface area contributed by atoms with Crippen molar-refractivity contribution in [2.75, 3.05) is 26.6 Å². The van der Waals surface area contributed by atoms with Gasteiger partial charge in [-0.15, -0.1) is 0 Å². The van der Waals surface area contributed by atoms with E-state index in [-0.39, 0.29) is 29.2 Å². The Labute approximate surface area is 231 Å². The number of hydrogen-bond donors (Lipinski definition) is 4. The molecule has 0 saturated heterocycles. The van der Waals surface area contributed by atoms with Crippen LogP contribution in [0.1, 0.15) is 52.5 Å². The molecule has 6 atom stereocenters. The van der Waals surface area contributed by atoms with Gasteiger partial charge in [0.1, 0.15) is 11.5 Å². The molecule has 2 bridgehead atoms. The average molecular weight is 549 g/mol. The number of primary amides is 1. The number of rotatable bonds is 4. The highest BCUT2D eigenvalue weighted by Gasteiger charge is 2.30.